The maximum absolute atomic E-state index is 6.25. The fraction of sp³-hybridized carbons (Fsp3) is 0.933. The summed E-state index contributed by atoms with van der Waals surface area (Å²) < 4.78 is 6.25. The molecule has 0 saturated heterocycles. The van der Waals surface area contributed by atoms with E-state index in [4.69, 9.17) is 4.74 Å². The summed E-state index contributed by atoms with van der Waals surface area (Å²) in [6.07, 6.45) is 19.0. The maximum atomic E-state index is 6.25. The molecule has 0 aromatic heterocycles. The van der Waals surface area contributed by atoms with Gasteiger partial charge in [0.15, 0.2) is 0 Å². The largest absolute Gasteiger partial charge is 0.375 e. The zero-order chi connectivity index (χ0) is 22.4. The molecule has 178 valence electrons. The van der Waals surface area contributed by atoms with Crippen LogP contribution in [0.5, 0.6) is 0 Å². The highest BCUT2D eigenvalue weighted by molar-refractivity contribution is 5.25. The number of fused-ring (bicyclic) bond motifs is 5. The van der Waals surface area contributed by atoms with Gasteiger partial charge in [-0.1, -0.05) is 65.5 Å². The first-order valence-corrected chi connectivity index (χ1v) is 14.0. The number of ether oxygens (including phenoxy) is 1. The molecule has 1 nitrogen and oxygen atoms in total. The molecule has 31 heavy (non-hydrogen) atoms. The van der Waals surface area contributed by atoms with Gasteiger partial charge in [-0.3, -0.25) is 0 Å². The summed E-state index contributed by atoms with van der Waals surface area (Å²) >= 11 is 0. The first-order chi connectivity index (χ1) is 14.6. The standard InChI is InChI=1S/C30H52O/c1-20(2)9-8-10-22(5)26-13-14-27-25-12-11-23-19-24(31-21(3)4)15-17-29(23,6)28(25)16-18-30(26,27)7/h11,20-22,24-28H,8-10,12-19H2,1-7H3/t22-,24+,25-,26+,27-,28-,29-,30+/m0/s1. The highest BCUT2D eigenvalue weighted by Crippen LogP contribution is 2.67. The summed E-state index contributed by atoms with van der Waals surface area (Å²) in [4.78, 5) is 0. The van der Waals surface area contributed by atoms with E-state index in [9.17, 15) is 0 Å². The molecular formula is C30H52O. The smallest absolute Gasteiger partial charge is 0.0616 e. The van der Waals surface area contributed by atoms with Gasteiger partial charge in [-0.15, -0.1) is 0 Å². The Morgan fingerprint density at radius 2 is 1.71 bits per heavy atom. The minimum Gasteiger partial charge on any atom is -0.375 e. The van der Waals surface area contributed by atoms with Crippen molar-refractivity contribution < 1.29 is 4.74 Å². The van der Waals surface area contributed by atoms with E-state index in [-0.39, 0.29) is 0 Å². The third kappa shape index (κ3) is 4.43. The van der Waals surface area contributed by atoms with E-state index < -0.39 is 0 Å². The average Bonchev–Trinajstić information content (AvgIpc) is 3.05. The van der Waals surface area contributed by atoms with Crippen molar-refractivity contribution in [2.24, 2.45) is 46.3 Å². The summed E-state index contributed by atoms with van der Waals surface area (Å²) in [6, 6.07) is 0. The van der Waals surface area contributed by atoms with Crippen LogP contribution in [0.15, 0.2) is 11.6 Å². The second-order valence-corrected chi connectivity index (χ2v) is 13.3. The molecule has 0 aliphatic heterocycles. The summed E-state index contributed by atoms with van der Waals surface area (Å²) in [5.41, 5.74) is 2.84. The summed E-state index contributed by atoms with van der Waals surface area (Å²) in [6.45, 7) is 17.1. The average molecular weight is 429 g/mol. The monoisotopic (exact) mass is 428 g/mol. The Morgan fingerprint density at radius 3 is 2.42 bits per heavy atom. The molecule has 0 unspecified atom stereocenters. The van der Waals surface area contributed by atoms with Crippen molar-refractivity contribution in [3.05, 3.63) is 11.6 Å². The highest BCUT2D eigenvalue weighted by Gasteiger charge is 2.59. The van der Waals surface area contributed by atoms with Gasteiger partial charge in [-0.05, 0) is 112 Å². The molecule has 0 aromatic carbocycles. The molecule has 0 radical (unpaired) electrons. The number of hydrogen-bond acceptors (Lipinski definition) is 1. The molecule has 4 aliphatic carbocycles. The normalized spacial score (nSPS) is 43.4. The molecule has 0 heterocycles. The number of allylic oxidation sites excluding steroid dienone is 1. The Morgan fingerprint density at radius 1 is 0.935 bits per heavy atom. The van der Waals surface area contributed by atoms with Gasteiger partial charge < -0.3 is 4.74 Å². The van der Waals surface area contributed by atoms with Gasteiger partial charge in [0.25, 0.3) is 0 Å². The minimum absolute atomic E-state index is 0.361. The first kappa shape index (κ1) is 23.8. The lowest BCUT2D eigenvalue weighted by atomic mass is 9.47. The van der Waals surface area contributed by atoms with Crippen molar-refractivity contribution >= 4 is 0 Å². The lowest BCUT2D eigenvalue weighted by molar-refractivity contribution is -0.0707. The van der Waals surface area contributed by atoms with E-state index in [2.05, 4.69) is 54.5 Å². The number of hydrogen-bond donors (Lipinski definition) is 0. The highest BCUT2D eigenvalue weighted by atomic mass is 16.5. The van der Waals surface area contributed by atoms with Crippen molar-refractivity contribution in [2.45, 2.75) is 131 Å². The fourth-order valence-electron chi connectivity index (χ4n) is 9.15. The van der Waals surface area contributed by atoms with E-state index >= 15 is 0 Å². The summed E-state index contributed by atoms with van der Waals surface area (Å²) in [5, 5.41) is 0. The van der Waals surface area contributed by atoms with E-state index in [0.717, 1.165) is 35.5 Å². The van der Waals surface area contributed by atoms with Crippen molar-refractivity contribution in [3.63, 3.8) is 0 Å². The Bertz CT molecular complexity index is 647. The van der Waals surface area contributed by atoms with Crippen LogP contribution in [0.3, 0.4) is 0 Å². The topological polar surface area (TPSA) is 9.23 Å². The molecule has 4 rings (SSSR count). The third-order valence-electron chi connectivity index (χ3n) is 10.7. The lowest BCUT2D eigenvalue weighted by Crippen LogP contribution is -2.51. The molecule has 3 fully saturated rings. The van der Waals surface area contributed by atoms with E-state index in [1.165, 1.54) is 70.6 Å². The molecule has 0 amide bonds. The van der Waals surface area contributed by atoms with Crippen molar-refractivity contribution in [2.75, 3.05) is 0 Å². The van der Waals surface area contributed by atoms with Gasteiger partial charge in [0.1, 0.15) is 0 Å². The SMILES string of the molecule is CC(C)CCC[C@H](C)[C@H]1CC[C@H]2[C@@H]3CC=C4C[C@H](OC(C)C)CC[C@]4(C)[C@H]3CC[C@]12C. The van der Waals surface area contributed by atoms with Gasteiger partial charge >= 0.3 is 0 Å². The van der Waals surface area contributed by atoms with Crippen LogP contribution in [-0.2, 0) is 4.74 Å². The molecule has 4 aliphatic rings. The molecule has 0 bridgehead atoms. The Labute approximate surface area is 194 Å². The van der Waals surface area contributed by atoms with Crippen LogP contribution >= 0.6 is 0 Å². The minimum atomic E-state index is 0.361. The molecule has 0 spiro atoms. The van der Waals surface area contributed by atoms with Crippen LogP contribution in [0, 0.1) is 46.3 Å². The van der Waals surface area contributed by atoms with Gasteiger partial charge in [-0.25, -0.2) is 0 Å². The summed E-state index contributed by atoms with van der Waals surface area (Å²) in [7, 11) is 0. The quantitative estimate of drug-likeness (QED) is 0.368. The van der Waals surface area contributed by atoms with Crippen LogP contribution in [0.4, 0.5) is 0 Å². The van der Waals surface area contributed by atoms with Gasteiger partial charge in [0.05, 0.1) is 12.2 Å². The van der Waals surface area contributed by atoms with Crippen LogP contribution in [0.2, 0.25) is 0 Å². The van der Waals surface area contributed by atoms with Crippen molar-refractivity contribution in [1.82, 2.24) is 0 Å². The maximum Gasteiger partial charge on any atom is 0.0616 e. The molecule has 0 N–H and O–H groups in total. The first-order valence-electron chi connectivity index (χ1n) is 14.0. The predicted octanol–water partition coefficient (Wildman–Crippen LogP) is 8.82. The lowest BCUT2D eigenvalue weighted by Gasteiger charge is -2.58. The van der Waals surface area contributed by atoms with Crippen LogP contribution in [0.1, 0.15) is 119 Å². The number of rotatable bonds is 7. The zero-order valence-electron chi connectivity index (χ0n) is 21.9. The van der Waals surface area contributed by atoms with E-state index in [1.54, 1.807) is 5.57 Å². The third-order valence-corrected chi connectivity index (χ3v) is 10.7. The Kier molecular flexibility index (Phi) is 7.04. The fourth-order valence-corrected chi connectivity index (χ4v) is 9.15. The Hall–Kier alpha value is -0.300. The predicted molar refractivity (Wildman–Crippen MR) is 133 cm³/mol. The van der Waals surface area contributed by atoms with Gasteiger partial charge in [0, 0.05) is 0 Å². The van der Waals surface area contributed by atoms with E-state index in [1.807, 2.05) is 0 Å². The van der Waals surface area contributed by atoms with Gasteiger partial charge in [-0.2, -0.15) is 0 Å². The van der Waals surface area contributed by atoms with Crippen LogP contribution < -0.4 is 0 Å². The van der Waals surface area contributed by atoms with E-state index in [0.29, 0.717) is 23.0 Å². The van der Waals surface area contributed by atoms with Crippen LogP contribution in [0.25, 0.3) is 0 Å². The molecule has 1 heteroatoms. The van der Waals surface area contributed by atoms with Crippen molar-refractivity contribution in [3.8, 4) is 0 Å². The second kappa shape index (κ2) is 9.15. The molecule has 8 atom stereocenters. The molecular weight excluding hydrogens is 376 g/mol. The molecule has 0 aromatic rings. The molecule has 3 saturated carbocycles. The Balaban J connectivity index is 1.46. The van der Waals surface area contributed by atoms with Crippen molar-refractivity contribution in [1.29, 1.82) is 0 Å². The summed E-state index contributed by atoms with van der Waals surface area (Å²) in [5.74, 6) is 5.60. The van der Waals surface area contributed by atoms with Crippen LogP contribution in [-0.4, -0.2) is 12.2 Å². The zero-order valence-corrected chi connectivity index (χ0v) is 21.9. The second-order valence-electron chi connectivity index (χ2n) is 13.3. The van der Waals surface area contributed by atoms with Gasteiger partial charge in [0.2, 0.25) is 0 Å².